The van der Waals surface area contributed by atoms with Gasteiger partial charge in [0, 0.05) is 19.8 Å². The molecule has 0 spiro atoms. The van der Waals surface area contributed by atoms with Crippen molar-refractivity contribution in [2.24, 2.45) is 10.7 Å². The van der Waals surface area contributed by atoms with E-state index in [1.54, 1.807) is 13.2 Å². The van der Waals surface area contributed by atoms with Gasteiger partial charge in [0.15, 0.2) is 5.96 Å². The Morgan fingerprint density at radius 2 is 2.29 bits per heavy atom. The number of aliphatic imine (C=N–C) groups is 1. The fourth-order valence-electron chi connectivity index (χ4n) is 1.73. The molecule has 1 rings (SSSR count). The lowest BCUT2D eigenvalue weighted by Crippen LogP contribution is -2.33. The van der Waals surface area contributed by atoms with Gasteiger partial charge in [-0.25, -0.2) is 0 Å². The Hall–Kier alpha value is -1.79. The van der Waals surface area contributed by atoms with Crippen LogP contribution in [0.15, 0.2) is 29.3 Å². The standard InChI is InChI=1S/C15H25N3O3/c1-3-21-9-5-8-17-15(16)18-11-14(19)12-6-4-7-13(10-12)20-2/h4,6-7,10,14,19H,3,5,8-9,11H2,1-2H3,(H3,16,17,18). The fourth-order valence-corrected chi connectivity index (χ4v) is 1.73. The van der Waals surface area contributed by atoms with Gasteiger partial charge in [0.2, 0.25) is 0 Å². The average Bonchev–Trinajstić information content (AvgIpc) is 2.52. The molecule has 1 atom stereocenters. The van der Waals surface area contributed by atoms with Gasteiger partial charge in [0.05, 0.1) is 19.8 Å². The van der Waals surface area contributed by atoms with Gasteiger partial charge in [-0.3, -0.25) is 4.99 Å². The van der Waals surface area contributed by atoms with E-state index >= 15 is 0 Å². The van der Waals surface area contributed by atoms with Crippen LogP contribution >= 0.6 is 0 Å². The molecule has 1 unspecified atom stereocenters. The summed E-state index contributed by atoms with van der Waals surface area (Å²) in [4.78, 5) is 4.13. The Morgan fingerprint density at radius 3 is 3.00 bits per heavy atom. The summed E-state index contributed by atoms with van der Waals surface area (Å²) in [5.41, 5.74) is 6.49. The molecule has 0 saturated carbocycles. The first-order valence-corrected chi connectivity index (χ1v) is 7.11. The maximum Gasteiger partial charge on any atom is 0.188 e. The number of nitrogens with one attached hydrogen (secondary N) is 1. The third-order valence-electron chi connectivity index (χ3n) is 2.89. The highest BCUT2D eigenvalue weighted by atomic mass is 16.5. The van der Waals surface area contributed by atoms with Crippen LogP contribution < -0.4 is 15.8 Å². The van der Waals surface area contributed by atoms with Crippen molar-refractivity contribution in [2.45, 2.75) is 19.4 Å². The first-order chi connectivity index (χ1) is 10.2. The lowest BCUT2D eigenvalue weighted by molar-refractivity contribution is 0.145. The summed E-state index contributed by atoms with van der Waals surface area (Å²) in [7, 11) is 1.59. The van der Waals surface area contributed by atoms with Crippen molar-refractivity contribution in [1.29, 1.82) is 0 Å². The van der Waals surface area contributed by atoms with Crippen molar-refractivity contribution in [3.05, 3.63) is 29.8 Å². The van der Waals surface area contributed by atoms with E-state index in [2.05, 4.69) is 10.3 Å². The number of hydrogen-bond donors (Lipinski definition) is 3. The summed E-state index contributed by atoms with van der Waals surface area (Å²) >= 11 is 0. The fraction of sp³-hybridized carbons (Fsp3) is 0.533. The number of guanidine groups is 1. The number of methoxy groups -OCH3 is 1. The molecule has 6 nitrogen and oxygen atoms in total. The van der Waals surface area contributed by atoms with E-state index in [9.17, 15) is 5.11 Å². The minimum atomic E-state index is -0.705. The number of rotatable bonds is 9. The molecule has 0 aromatic heterocycles. The van der Waals surface area contributed by atoms with Gasteiger partial charge in [-0.15, -0.1) is 0 Å². The third-order valence-corrected chi connectivity index (χ3v) is 2.89. The number of hydrogen-bond acceptors (Lipinski definition) is 4. The van der Waals surface area contributed by atoms with Crippen LogP contribution in [0.1, 0.15) is 25.0 Å². The summed E-state index contributed by atoms with van der Waals surface area (Å²) in [6.45, 7) is 4.28. The second-order valence-electron chi connectivity index (χ2n) is 4.50. The number of aliphatic hydroxyl groups excluding tert-OH is 1. The first kappa shape index (κ1) is 17.3. The number of nitrogens with two attached hydrogens (primary N) is 1. The average molecular weight is 295 g/mol. The Balaban J connectivity index is 2.36. The van der Waals surface area contributed by atoms with Crippen LogP contribution in [-0.2, 0) is 4.74 Å². The predicted molar refractivity (Wildman–Crippen MR) is 83.6 cm³/mol. The van der Waals surface area contributed by atoms with Gasteiger partial charge in [0.25, 0.3) is 0 Å². The molecule has 0 heterocycles. The molecule has 4 N–H and O–H groups in total. The summed E-state index contributed by atoms with van der Waals surface area (Å²) in [6, 6.07) is 7.27. The van der Waals surface area contributed by atoms with Crippen LogP contribution in [0.5, 0.6) is 5.75 Å². The van der Waals surface area contributed by atoms with Crippen LogP contribution in [0.2, 0.25) is 0 Å². The minimum Gasteiger partial charge on any atom is -0.497 e. The zero-order valence-electron chi connectivity index (χ0n) is 12.7. The van der Waals surface area contributed by atoms with Crippen LogP contribution in [0.25, 0.3) is 0 Å². The van der Waals surface area contributed by atoms with Gasteiger partial charge in [-0.2, -0.15) is 0 Å². The van der Waals surface area contributed by atoms with Crippen molar-refractivity contribution in [3.8, 4) is 5.75 Å². The van der Waals surface area contributed by atoms with Gasteiger partial charge in [0.1, 0.15) is 5.75 Å². The zero-order valence-corrected chi connectivity index (χ0v) is 12.7. The number of nitrogens with zero attached hydrogens (tertiary/aromatic N) is 1. The second kappa shape index (κ2) is 10.0. The molecule has 0 amide bonds. The topological polar surface area (TPSA) is 89.1 Å². The van der Waals surface area contributed by atoms with E-state index < -0.39 is 6.10 Å². The largest absolute Gasteiger partial charge is 0.497 e. The van der Waals surface area contributed by atoms with Crippen molar-refractivity contribution < 1.29 is 14.6 Å². The van der Waals surface area contributed by atoms with Crippen molar-refractivity contribution in [3.63, 3.8) is 0 Å². The normalized spacial score (nSPS) is 13.0. The second-order valence-corrected chi connectivity index (χ2v) is 4.50. The van der Waals surface area contributed by atoms with Gasteiger partial charge in [-0.05, 0) is 31.0 Å². The smallest absolute Gasteiger partial charge is 0.188 e. The van der Waals surface area contributed by atoms with E-state index in [1.807, 2.05) is 25.1 Å². The molecule has 118 valence electrons. The molecule has 0 aliphatic carbocycles. The highest BCUT2D eigenvalue weighted by Gasteiger charge is 2.07. The van der Waals surface area contributed by atoms with Gasteiger partial charge >= 0.3 is 0 Å². The Kier molecular flexibility index (Phi) is 8.23. The van der Waals surface area contributed by atoms with Crippen molar-refractivity contribution in [2.75, 3.05) is 33.4 Å². The molecular weight excluding hydrogens is 270 g/mol. The number of benzene rings is 1. The molecule has 6 heteroatoms. The van der Waals surface area contributed by atoms with E-state index in [0.717, 1.165) is 18.6 Å². The minimum absolute atomic E-state index is 0.206. The zero-order chi connectivity index (χ0) is 15.5. The van der Waals surface area contributed by atoms with E-state index in [4.69, 9.17) is 15.2 Å². The molecule has 0 fully saturated rings. The molecule has 0 saturated heterocycles. The van der Waals surface area contributed by atoms with E-state index in [0.29, 0.717) is 24.9 Å². The molecule has 0 aliphatic rings. The van der Waals surface area contributed by atoms with Crippen molar-refractivity contribution in [1.82, 2.24) is 5.32 Å². The maximum absolute atomic E-state index is 10.1. The highest BCUT2D eigenvalue weighted by molar-refractivity contribution is 5.77. The highest BCUT2D eigenvalue weighted by Crippen LogP contribution is 2.19. The molecule has 0 aliphatic heterocycles. The molecular formula is C15H25N3O3. The van der Waals surface area contributed by atoms with Crippen LogP contribution in [0.3, 0.4) is 0 Å². The molecule has 1 aromatic carbocycles. The van der Waals surface area contributed by atoms with Crippen LogP contribution in [0, 0.1) is 0 Å². The van der Waals surface area contributed by atoms with E-state index in [1.165, 1.54) is 0 Å². The molecule has 0 bridgehead atoms. The molecule has 21 heavy (non-hydrogen) atoms. The maximum atomic E-state index is 10.1. The summed E-state index contributed by atoms with van der Waals surface area (Å²) in [5, 5.41) is 13.0. The van der Waals surface area contributed by atoms with Crippen LogP contribution in [0.4, 0.5) is 0 Å². The summed E-state index contributed by atoms with van der Waals surface area (Å²) in [6.07, 6.45) is 0.159. The van der Waals surface area contributed by atoms with E-state index in [-0.39, 0.29) is 6.54 Å². The third kappa shape index (κ3) is 6.97. The quantitative estimate of drug-likeness (QED) is 0.360. The predicted octanol–water partition coefficient (Wildman–Crippen LogP) is 1.06. The van der Waals surface area contributed by atoms with Crippen LogP contribution in [-0.4, -0.2) is 44.5 Å². The Bertz CT molecular complexity index is 438. The Labute approximate surface area is 126 Å². The molecule has 0 radical (unpaired) electrons. The first-order valence-electron chi connectivity index (χ1n) is 7.11. The summed E-state index contributed by atoms with van der Waals surface area (Å²) < 4.78 is 10.3. The number of ether oxygens (including phenoxy) is 2. The summed E-state index contributed by atoms with van der Waals surface area (Å²) in [5.74, 6) is 1.03. The van der Waals surface area contributed by atoms with Gasteiger partial charge in [-0.1, -0.05) is 12.1 Å². The Morgan fingerprint density at radius 1 is 1.48 bits per heavy atom. The lowest BCUT2D eigenvalue weighted by atomic mass is 10.1. The number of aliphatic hydroxyl groups is 1. The lowest BCUT2D eigenvalue weighted by Gasteiger charge is -2.11. The van der Waals surface area contributed by atoms with Gasteiger partial charge < -0.3 is 25.6 Å². The monoisotopic (exact) mass is 295 g/mol. The van der Waals surface area contributed by atoms with Crippen molar-refractivity contribution >= 4 is 5.96 Å². The molecule has 1 aromatic rings. The SMILES string of the molecule is CCOCCCNC(N)=NCC(O)c1cccc(OC)c1.